The number of hydrogen-bond acceptors (Lipinski definition) is 4. The van der Waals surface area contributed by atoms with Gasteiger partial charge >= 0.3 is 0 Å². The SMILES string of the molecule is CCNCc1cc(C)nc(CC2CCOC2)n1. The maximum Gasteiger partial charge on any atom is 0.129 e. The van der Waals surface area contributed by atoms with Gasteiger partial charge in [-0.05, 0) is 31.9 Å². The van der Waals surface area contributed by atoms with E-state index in [0.29, 0.717) is 5.92 Å². The fourth-order valence-electron chi connectivity index (χ4n) is 2.14. The Balaban J connectivity index is 2.02. The van der Waals surface area contributed by atoms with Gasteiger partial charge in [0.25, 0.3) is 0 Å². The van der Waals surface area contributed by atoms with Crippen molar-refractivity contribution in [2.75, 3.05) is 19.8 Å². The molecule has 0 saturated carbocycles. The monoisotopic (exact) mass is 235 g/mol. The Hall–Kier alpha value is -1.00. The molecule has 0 aliphatic carbocycles. The zero-order chi connectivity index (χ0) is 12.1. The van der Waals surface area contributed by atoms with Gasteiger partial charge in [0.2, 0.25) is 0 Å². The molecule has 0 radical (unpaired) electrons. The Morgan fingerprint density at radius 1 is 1.47 bits per heavy atom. The molecular formula is C13H21N3O. The molecule has 1 unspecified atom stereocenters. The van der Waals surface area contributed by atoms with Crippen LogP contribution in [0, 0.1) is 12.8 Å². The highest BCUT2D eigenvalue weighted by atomic mass is 16.5. The third-order valence-electron chi connectivity index (χ3n) is 3.00. The summed E-state index contributed by atoms with van der Waals surface area (Å²) in [7, 11) is 0. The molecule has 94 valence electrons. The number of hydrogen-bond donors (Lipinski definition) is 1. The zero-order valence-corrected chi connectivity index (χ0v) is 10.7. The van der Waals surface area contributed by atoms with Crippen LogP contribution in [0.4, 0.5) is 0 Å². The van der Waals surface area contributed by atoms with E-state index in [1.807, 2.05) is 6.92 Å². The van der Waals surface area contributed by atoms with Gasteiger partial charge in [0.15, 0.2) is 0 Å². The molecule has 1 aliphatic rings. The van der Waals surface area contributed by atoms with Crippen molar-refractivity contribution >= 4 is 0 Å². The van der Waals surface area contributed by atoms with Crippen LogP contribution in [0.3, 0.4) is 0 Å². The van der Waals surface area contributed by atoms with Crippen LogP contribution in [0.15, 0.2) is 6.07 Å². The second-order valence-corrected chi connectivity index (χ2v) is 4.63. The molecule has 0 bridgehead atoms. The minimum Gasteiger partial charge on any atom is -0.381 e. The first-order valence-corrected chi connectivity index (χ1v) is 6.40. The van der Waals surface area contributed by atoms with Crippen molar-refractivity contribution in [3.8, 4) is 0 Å². The normalized spacial score (nSPS) is 19.8. The third-order valence-corrected chi connectivity index (χ3v) is 3.00. The first-order chi connectivity index (χ1) is 8.28. The van der Waals surface area contributed by atoms with Crippen LogP contribution in [-0.2, 0) is 17.7 Å². The van der Waals surface area contributed by atoms with Gasteiger partial charge < -0.3 is 10.1 Å². The molecule has 1 aliphatic heterocycles. The number of aryl methyl sites for hydroxylation is 1. The number of ether oxygens (including phenoxy) is 1. The lowest BCUT2D eigenvalue weighted by Gasteiger charge is -2.09. The van der Waals surface area contributed by atoms with Crippen molar-refractivity contribution in [2.24, 2.45) is 5.92 Å². The number of rotatable bonds is 5. The lowest BCUT2D eigenvalue weighted by atomic mass is 10.0. The first kappa shape index (κ1) is 12.5. The third kappa shape index (κ3) is 3.75. The van der Waals surface area contributed by atoms with Gasteiger partial charge in [0.05, 0.1) is 5.69 Å². The molecule has 1 aromatic rings. The standard InChI is InChI=1S/C13H21N3O/c1-3-14-8-12-6-10(2)15-13(16-12)7-11-4-5-17-9-11/h6,11,14H,3-5,7-9H2,1-2H3. The second kappa shape index (κ2) is 6.07. The summed E-state index contributed by atoms with van der Waals surface area (Å²) in [5.41, 5.74) is 2.15. The van der Waals surface area contributed by atoms with Crippen molar-refractivity contribution in [2.45, 2.75) is 33.2 Å². The van der Waals surface area contributed by atoms with Crippen LogP contribution in [-0.4, -0.2) is 29.7 Å². The number of nitrogens with zero attached hydrogens (tertiary/aromatic N) is 2. The Kier molecular flexibility index (Phi) is 4.45. The molecule has 1 atom stereocenters. The minimum atomic E-state index is 0.601. The van der Waals surface area contributed by atoms with E-state index in [4.69, 9.17) is 4.74 Å². The Morgan fingerprint density at radius 2 is 2.35 bits per heavy atom. The van der Waals surface area contributed by atoms with Crippen molar-refractivity contribution in [3.63, 3.8) is 0 Å². The fraction of sp³-hybridized carbons (Fsp3) is 0.692. The fourth-order valence-corrected chi connectivity index (χ4v) is 2.14. The molecule has 0 aromatic carbocycles. The molecule has 0 spiro atoms. The Labute approximate surface area is 103 Å². The van der Waals surface area contributed by atoms with E-state index in [1.165, 1.54) is 0 Å². The van der Waals surface area contributed by atoms with E-state index in [0.717, 1.165) is 56.4 Å². The summed E-state index contributed by atoms with van der Waals surface area (Å²) in [6, 6.07) is 2.05. The van der Waals surface area contributed by atoms with Crippen LogP contribution < -0.4 is 5.32 Å². The first-order valence-electron chi connectivity index (χ1n) is 6.40. The Bertz CT molecular complexity index is 362. The predicted molar refractivity (Wildman–Crippen MR) is 66.8 cm³/mol. The molecule has 4 heteroatoms. The predicted octanol–water partition coefficient (Wildman–Crippen LogP) is 1.47. The van der Waals surface area contributed by atoms with E-state index in [-0.39, 0.29) is 0 Å². The van der Waals surface area contributed by atoms with E-state index >= 15 is 0 Å². The van der Waals surface area contributed by atoms with E-state index in [1.54, 1.807) is 0 Å². The maximum absolute atomic E-state index is 5.39. The molecule has 0 amide bonds. The molecule has 17 heavy (non-hydrogen) atoms. The van der Waals surface area contributed by atoms with Gasteiger partial charge in [0.1, 0.15) is 5.82 Å². The van der Waals surface area contributed by atoms with Crippen LogP contribution in [0.25, 0.3) is 0 Å². The summed E-state index contributed by atoms with van der Waals surface area (Å²) in [4.78, 5) is 9.12. The van der Waals surface area contributed by atoms with Crippen LogP contribution >= 0.6 is 0 Å². The second-order valence-electron chi connectivity index (χ2n) is 4.63. The van der Waals surface area contributed by atoms with E-state index < -0.39 is 0 Å². The summed E-state index contributed by atoms with van der Waals surface area (Å²) >= 11 is 0. The lowest BCUT2D eigenvalue weighted by molar-refractivity contribution is 0.185. The van der Waals surface area contributed by atoms with Gasteiger partial charge in [-0.1, -0.05) is 6.92 Å². The Morgan fingerprint density at radius 3 is 3.06 bits per heavy atom. The van der Waals surface area contributed by atoms with Gasteiger partial charge in [-0.2, -0.15) is 0 Å². The van der Waals surface area contributed by atoms with Crippen LogP contribution in [0.2, 0.25) is 0 Å². The van der Waals surface area contributed by atoms with E-state index in [9.17, 15) is 0 Å². The largest absolute Gasteiger partial charge is 0.381 e. The highest BCUT2D eigenvalue weighted by molar-refractivity contribution is 5.10. The van der Waals surface area contributed by atoms with Crippen LogP contribution in [0.5, 0.6) is 0 Å². The molecule has 1 aromatic heterocycles. The molecule has 2 heterocycles. The summed E-state index contributed by atoms with van der Waals surface area (Å²) in [6.45, 7) is 7.68. The topological polar surface area (TPSA) is 47.0 Å². The maximum atomic E-state index is 5.39. The smallest absolute Gasteiger partial charge is 0.129 e. The quantitative estimate of drug-likeness (QED) is 0.839. The van der Waals surface area contributed by atoms with Crippen molar-refractivity contribution < 1.29 is 4.74 Å². The molecule has 1 saturated heterocycles. The molecule has 1 fully saturated rings. The molecule has 2 rings (SSSR count). The molecule has 4 nitrogen and oxygen atoms in total. The van der Waals surface area contributed by atoms with Gasteiger partial charge in [-0.15, -0.1) is 0 Å². The number of nitrogens with one attached hydrogen (secondary N) is 1. The average Bonchev–Trinajstić information content (AvgIpc) is 2.78. The van der Waals surface area contributed by atoms with Gasteiger partial charge in [-0.3, -0.25) is 0 Å². The summed E-state index contributed by atoms with van der Waals surface area (Å²) in [5.74, 6) is 1.57. The summed E-state index contributed by atoms with van der Waals surface area (Å²) < 4.78 is 5.39. The lowest BCUT2D eigenvalue weighted by Crippen LogP contribution is -2.15. The highest BCUT2D eigenvalue weighted by Gasteiger charge is 2.17. The summed E-state index contributed by atoms with van der Waals surface area (Å²) in [5, 5.41) is 3.30. The van der Waals surface area contributed by atoms with Crippen molar-refractivity contribution in [3.05, 3.63) is 23.3 Å². The van der Waals surface area contributed by atoms with Crippen molar-refractivity contribution in [1.82, 2.24) is 15.3 Å². The molecular weight excluding hydrogens is 214 g/mol. The summed E-state index contributed by atoms with van der Waals surface area (Å²) in [6.07, 6.45) is 2.08. The minimum absolute atomic E-state index is 0.601. The van der Waals surface area contributed by atoms with Gasteiger partial charge in [0, 0.05) is 31.9 Å². The van der Waals surface area contributed by atoms with Crippen LogP contribution in [0.1, 0.15) is 30.6 Å². The van der Waals surface area contributed by atoms with Gasteiger partial charge in [-0.25, -0.2) is 9.97 Å². The number of aromatic nitrogens is 2. The zero-order valence-electron chi connectivity index (χ0n) is 10.7. The van der Waals surface area contributed by atoms with E-state index in [2.05, 4.69) is 28.3 Å². The van der Waals surface area contributed by atoms with Crippen molar-refractivity contribution in [1.29, 1.82) is 0 Å². The highest BCUT2D eigenvalue weighted by Crippen LogP contribution is 2.16. The molecule has 1 N–H and O–H groups in total. The average molecular weight is 235 g/mol.